The molecule has 1 aliphatic rings. The van der Waals surface area contributed by atoms with E-state index in [2.05, 4.69) is 9.97 Å². The third-order valence-electron chi connectivity index (χ3n) is 6.72. The molecule has 0 atom stereocenters. The van der Waals surface area contributed by atoms with Gasteiger partial charge in [-0.05, 0) is 43.7 Å². The fraction of sp³-hybridized carbons (Fsp3) is 0.370. The second kappa shape index (κ2) is 10.9. The standard InChI is InChI=1S/C27H23F9N4O/c1-3-21-15(2)37-22(16-4-6-18(7-5-16)25(28,29)30)38-23(21)39-8-10-40(11-9-39)24(41)17-12-19(26(31,32)33)14-20(13-17)27(34,35)36/h4-7,12-14H,3,8-11H2,1-2H3. The summed E-state index contributed by atoms with van der Waals surface area (Å²) in [7, 11) is 0. The van der Waals surface area contributed by atoms with Crippen LogP contribution in [0.5, 0.6) is 0 Å². The number of benzene rings is 2. The Morgan fingerprint density at radius 1 is 0.756 bits per heavy atom. The Balaban J connectivity index is 1.58. The minimum atomic E-state index is -5.08. The summed E-state index contributed by atoms with van der Waals surface area (Å²) >= 11 is 0. The maximum Gasteiger partial charge on any atom is 0.416 e. The van der Waals surface area contributed by atoms with Crippen molar-refractivity contribution in [2.75, 3.05) is 31.1 Å². The molecule has 0 N–H and O–H groups in total. The molecule has 0 bridgehead atoms. The highest BCUT2D eigenvalue weighted by atomic mass is 19.4. The largest absolute Gasteiger partial charge is 0.416 e. The number of aromatic nitrogens is 2. The predicted molar refractivity (Wildman–Crippen MR) is 131 cm³/mol. The second-order valence-corrected chi connectivity index (χ2v) is 9.44. The first kappa shape index (κ1) is 30.1. The molecular weight excluding hydrogens is 567 g/mol. The lowest BCUT2D eigenvalue weighted by Crippen LogP contribution is -2.49. The number of carbonyl (C=O) groups excluding carboxylic acids is 1. The van der Waals surface area contributed by atoms with Crippen molar-refractivity contribution in [2.45, 2.75) is 38.8 Å². The van der Waals surface area contributed by atoms with E-state index in [-0.39, 0.29) is 38.1 Å². The zero-order valence-corrected chi connectivity index (χ0v) is 21.7. The van der Waals surface area contributed by atoms with Crippen molar-refractivity contribution in [3.63, 3.8) is 0 Å². The number of nitrogens with zero attached hydrogens (tertiary/aromatic N) is 4. The first-order valence-corrected chi connectivity index (χ1v) is 12.4. The summed E-state index contributed by atoms with van der Waals surface area (Å²) < 4.78 is 118. The number of halogens is 9. The zero-order valence-electron chi connectivity index (χ0n) is 21.7. The maximum atomic E-state index is 13.3. The van der Waals surface area contributed by atoms with Crippen molar-refractivity contribution in [2.24, 2.45) is 0 Å². The molecule has 3 aromatic rings. The molecule has 1 fully saturated rings. The Labute approximate surface area is 228 Å². The molecule has 2 heterocycles. The van der Waals surface area contributed by atoms with Gasteiger partial charge in [-0.2, -0.15) is 39.5 Å². The van der Waals surface area contributed by atoms with E-state index in [1.54, 1.807) is 11.8 Å². The number of hydrogen-bond acceptors (Lipinski definition) is 4. The van der Waals surface area contributed by atoms with Crippen LogP contribution >= 0.6 is 0 Å². The molecule has 41 heavy (non-hydrogen) atoms. The third-order valence-corrected chi connectivity index (χ3v) is 6.72. The van der Waals surface area contributed by atoms with Gasteiger partial charge in [0.25, 0.3) is 5.91 Å². The van der Waals surface area contributed by atoms with Crippen LogP contribution < -0.4 is 4.90 Å². The van der Waals surface area contributed by atoms with Gasteiger partial charge in [0.1, 0.15) is 5.82 Å². The summed E-state index contributed by atoms with van der Waals surface area (Å²) in [5.41, 5.74) is -3.00. The van der Waals surface area contributed by atoms with Crippen molar-refractivity contribution < 1.29 is 44.3 Å². The zero-order chi connectivity index (χ0) is 30.3. The normalized spacial score (nSPS) is 14.9. The minimum Gasteiger partial charge on any atom is -0.353 e. The summed E-state index contributed by atoms with van der Waals surface area (Å²) in [6, 6.07) is 5.13. The molecule has 0 radical (unpaired) electrons. The van der Waals surface area contributed by atoms with Gasteiger partial charge in [-0.1, -0.05) is 19.1 Å². The van der Waals surface area contributed by atoms with Gasteiger partial charge in [-0.25, -0.2) is 9.97 Å². The summed E-state index contributed by atoms with van der Waals surface area (Å²) in [6.45, 7) is 3.87. The first-order chi connectivity index (χ1) is 19.0. The Morgan fingerprint density at radius 3 is 1.73 bits per heavy atom. The molecule has 4 rings (SSSR count). The number of hydrogen-bond donors (Lipinski definition) is 0. The van der Waals surface area contributed by atoms with E-state index in [1.807, 2.05) is 6.92 Å². The number of carbonyl (C=O) groups is 1. The topological polar surface area (TPSA) is 49.3 Å². The Kier molecular flexibility index (Phi) is 7.98. The van der Waals surface area contributed by atoms with Crippen LogP contribution in [-0.2, 0) is 24.9 Å². The van der Waals surface area contributed by atoms with Crippen LogP contribution in [0.25, 0.3) is 11.4 Å². The summed E-state index contributed by atoms with van der Waals surface area (Å²) in [5.74, 6) is -0.299. The predicted octanol–water partition coefficient (Wildman–Crippen LogP) is 7.03. The first-order valence-electron chi connectivity index (χ1n) is 12.4. The Bertz CT molecular complexity index is 1390. The molecule has 0 spiro atoms. The van der Waals surface area contributed by atoms with Crippen molar-refractivity contribution in [3.05, 3.63) is 76.0 Å². The quantitative estimate of drug-likeness (QED) is 0.306. The van der Waals surface area contributed by atoms with E-state index in [4.69, 9.17) is 0 Å². The van der Waals surface area contributed by atoms with Crippen molar-refractivity contribution in [1.29, 1.82) is 0 Å². The van der Waals surface area contributed by atoms with E-state index in [0.29, 0.717) is 35.6 Å². The van der Waals surface area contributed by atoms with Crippen LogP contribution in [0.4, 0.5) is 45.3 Å². The Hall–Kier alpha value is -3.84. The number of aryl methyl sites for hydroxylation is 1. The molecule has 0 unspecified atom stereocenters. The minimum absolute atomic E-state index is 0.0156. The molecule has 1 aromatic heterocycles. The molecule has 0 saturated carbocycles. The maximum absolute atomic E-state index is 13.3. The smallest absolute Gasteiger partial charge is 0.353 e. The van der Waals surface area contributed by atoms with E-state index in [1.165, 1.54) is 17.0 Å². The highest BCUT2D eigenvalue weighted by Crippen LogP contribution is 2.37. The molecule has 220 valence electrons. The van der Waals surface area contributed by atoms with E-state index in [0.717, 1.165) is 17.7 Å². The lowest BCUT2D eigenvalue weighted by Gasteiger charge is -2.36. The van der Waals surface area contributed by atoms with E-state index < -0.39 is 46.7 Å². The summed E-state index contributed by atoms with van der Waals surface area (Å²) in [5, 5.41) is 0. The van der Waals surface area contributed by atoms with Gasteiger partial charge in [0, 0.05) is 48.6 Å². The number of anilines is 1. The van der Waals surface area contributed by atoms with Gasteiger partial charge >= 0.3 is 18.5 Å². The fourth-order valence-electron chi connectivity index (χ4n) is 4.58. The summed E-state index contributed by atoms with van der Waals surface area (Å²) in [6.07, 6.45) is -14.2. The average molecular weight is 590 g/mol. The number of alkyl halides is 9. The molecule has 0 aliphatic carbocycles. The van der Waals surface area contributed by atoms with Crippen LogP contribution in [0.1, 0.15) is 45.2 Å². The number of rotatable bonds is 4. The van der Waals surface area contributed by atoms with E-state index >= 15 is 0 Å². The fourth-order valence-corrected chi connectivity index (χ4v) is 4.58. The van der Waals surface area contributed by atoms with Crippen molar-refractivity contribution >= 4 is 11.7 Å². The number of amides is 1. The van der Waals surface area contributed by atoms with Gasteiger partial charge in [0.15, 0.2) is 5.82 Å². The van der Waals surface area contributed by atoms with Crippen LogP contribution in [0.2, 0.25) is 0 Å². The monoisotopic (exact) mass is 590 g/mol. The van der Waals surface area contributed by atoms with Crippen molar-refractivity contribution in [3.8, 4) is 11.4 Å². The van der Waals surface area contributed by atoms with Crippen LogP contribution in [0.3, 0.4) is 0 Å². The molecule has 1 aliphatic heterocycles. The molecular formula is C27H23F9N4O. The van der Waals surface area contributed by atoms with Gasteiger partial charge in [0.05, 0.1) is 16.7 Å². The molecule has 5 nitrogen and oxygen atoms in total. The van der Waals surface area contributed by atoms with Crippen molar-refractivity contribution in [1.82, 2.24) is 14.9 Å². The Morgan fingerprint density at radius 2 is 1.27 bits per heavy atom. The summed E-state index contributed by atoms with van der Waals surface area (Å²) in [4.78, 5) is 25.0. The van der Waals surface area contributed by atoms with Crippen LogP contribution in [0.15, 0.2) is 42.5 Å². The third kappa shape index (κ3) is 6.57. The molecule has 1 saturated heterocycles. The van der Waals surface area contributed by atoms with Gasteiger partial charge in [0.2, 0.25) is 0 Å². The van der Waals surface area contributed by atoms with Crippen LogP contribution in [-0.4, -0.2) is 47.0 Å². The lowest BCUT2D eigenvalue weighted by molar-refractivity contribution is -0.143. The SMILES string of the molecule is CCc1c(C)nc(-c2ccc(C(F)(F)F)cc2)nc1N1CCN(C(=O)c2cc(C(F)(F)F)cc(C(F)(F)F)c2)CC1. The highest BCUT2D eigenvalue weighted by Gasteiger charge is 2.38. The van der Waals surface area contributed by atoms with Gasteiger partial charge in [-0.15, -0.1) is 0 Å². The molecule has 14 heteroatoms. The van der Waals surface area contributed by atoms with Gasteiger partial charge in [-0.3, -0.25) is 4.79 Å². The molecule has 1 amide bonds. The van der Waals surface area contributed by atoms with Crippen LogP contribution in [0, 0.1) is 6.92 Å². The molecule has 2 aromatic carbocycles. The van der Waals surface area contributed by atoms with E-state index in [9.17, 15) is 44.3 Å². The number of piperazine rings is 1. The average Bonchev–Trinajstić information content (AvgIpc) is 2.90. The lowest BCUT2D eigenvalue weighted by atomic mass is 10.0. The second-order valence-electron chi connectivity index (χ2n) is 9.44. The highest BCUT2D eigenvalue weighted by molar-refractivity contribution is 5.95. The van der Waals surface area contributed by atoms with Gasteiger partial charge < -0.3 is 9.80 Å².